The van der Waals surface area contributed by atoms with Gasteiger partial charge in [-0.05, 0) is 51.8 Å². The highest BCUT2D eigenvalue weighted by molar-refractivity contribution is 9.10. The van der Waals surface area contributed by atoms with Crippen molar-refractivity contribution in [2.24, 2.45) is 0 Å². The minimum Gasteiger partial charge on any atom is -0.488 e. The Hall–Kier alpha value is -2.61. The average Bonchev–Trinajstić information content (AvgIpc) is 2.67. The lowest BCUT2D eigenvalue weighted by Crippen LogP contribution is -1.97. The predicted molar refractivity (Wildman–Crippen MR) is 110 cm³/mol. The number of hydrogen-bond acceptors (Lipinski definition) is 2. The van der Waals surface area contributed by atoms with E-state index in [1.807, 2.05) is 36.4 Å². The van der Waals surface area contributed by atoms with Gasteiger partial charge in [-0.2, -0.15) is 5.26 Å². The van der Waals surface area contributed by atoms with Gasteiger partial charge in [0.1, 0.15) is 18.2 Å². The Bertz CT molecular complexity index is 1040. The third-order valence-corrected chi connectivity index (χ3v) is 4.88. The van der Waals surface area contributed by atoms with Gasteiger partial charge in [0.2, 0.25) is 0 Å². The standard InChI is InChI=1S/C22H14BrClFNO/c23-19-12-15(11-17(13-26)18-6-2-4-8-21(18)25)9-10-22(19)27-14-16-5-1-3-7-20(16)24/h1-12H,14H2/b17-11-. The number of halogens is 3. The molecular weight excluding hydrogens is 429 g/mol. The minimum atomic E-state index is -0.427. The van der Waals surface area contributed by atoms with E-state index in [0.717, 1.165) is 15.6 Å². The van der Waals surface area contributed by atoms with Crippen molar-refractivity contribution in [1.82, 2.24) is 0 Å². The Balaban J connectivity index is 1.81. The Morgan fingerprint density at radius 3 is 2.56 bits per heavy atom. The highest BCUT2D eigenvalue weighted by Crippen LogP contribution is 2.29. The molecule has 0 aliphatic carbocycles. The fourth-order valence-corrected chi connectivity index (χ4v) is 3.21. The fourth-order valence-electron chi connectivity index (χ4n) is 2.51. The minimum absolute atomic E-state index is 0.254. The molecule has 0 aromatic heterocycles. The van der Waals surface area contributed by atoms with Crippen LogP contribution in [0.5, 0.6) is 5.75 Å². The van der Waals surface area contributed by atoms with Crippen LogP contribution in [0.1, 0.15) is 16.7 Å². The van der Waals surface area contributed by atoms with Gasteiger partial charge >= 0.3 is 0 Å². The molecule has 0 N–H and O–H groups in total. The highest BCUT2D eigenvalue weighted by Gasteiger charge is 2.09. The van der Waals surface area contributed by atoms with E-state index in [9.17, 15) is 9.65 Å². The predicted octanol–water partition coefficient (Wildman–Crippen LogP) is 6.88. The maximum absolute atomic E-state index is 13.9. The van der Waals surface area contributed by atoms with Gasteiger partial charge in [0.05, 0.1) is 16.1 Å². The van der Waals surface area contributed by atoms with Crippen molar-refractivity contribution in [1.29, 1.82) is 5.26 Å². The molecule has 0 amide bonds. The molecule has 0 saturated carbocycles. The molecule has 0 aliphatic heterocycles. The summed E-state index contributed by atoms with van der Waals surface area (Å²) in [5.41, 5.74) is 2.17. The topological polar surface area (TPSA) is 33.0 Å². The van der Waals surface area contributed by atoms with E-state index in [4.69, 9.17) is 16.3 Å². The van der Waals surface area contributed by atoms with E-state index >= 15 is 0 Å². The number of nitriles is 1. The molecule has 3 aromatic rings. The molecule has 0 unspecified atom stereocenters. The molecule has 134 valence electrons. The van der Waals surface area contributed by atoms with Gasteiger partial charge in [-0.3, -0.25) is 0 Å². The monoisotopic (exact) mass is 441 g/mol. The molecule has 0 atom stereocenters. The first-order chi connectivity index (χ1) is 13.1. The third kappa shape index (κ3) is 4.77. The molecule has 0 bridgehead atoms. The summed E-state index contributed by atoms with van der Waals surface area (Å²) in [6.07, 6.45) is 1.64. The van der Waals surface area contributed by atoms with Gasteiger partial charge in [0.15, 0.2) is 0 Å². The van der Waals surface area contributed by atoms with Crippen molar-refractivity contribution in [2.45, 2.75) is 6.61 Å². The van der Waals surface area contributed by atoms with Crippen LogP contribution in [0.3, 0.4) is 0 Å². The van der Waals surface area contributed by atoms with E-state index in [1.165, 1.54) is 6.07 Å². The lowest BCUT2D eigenvalue weighted by atomic mass is 10.0. The Kier molecular flexibility index (Phi) is 6.28. The summed E-state index contributed by atoms with van der Waals surface area (Å²) in [5.74, 6) is 0.223. The molecular formula is C22H14BrClFNO. The summed E-state index contributed by atoms with van der Waals surface area (Å²) in [7, 11) is 0. The summed E-state index contributed by atoms with van der Waals surface area (Å²) >= 11 is 9.62. The van der Waals surface area contributed by atoms with E-state index in [-0.39, 0.29) is 11.1 Å². The summed E-state index contributed by atoms with van der Waals surface area (Å²) in [4.78, 5) is 0. The normalized spacial score (nSPS) is 11.1. The summed E-state index contributed by atoms with van der Waals surface area (Å²) < 4.78 is 20.5. The van der Waals surface area contributed by atoms with Crippen LogP contribution < -0.4 is 4.74 Å². The quantitative estimate of drug-likeness (QED) is 0.318. The van der Waals surface area contributed by atoms with Crippen LogP contribution in [0.2, 0.25) is 5.02 Å². The van der Waals surface area contributed by atoms with Gasteiger partial charge in [-0.25, -0.2) is 4.39 Å². The first-order valence-electron chi connectivity index (χ1n) is 8.11. The highest BCUT2D eigenvalue weighted by atomic mass is 79.9. The van der Waals surface area contributed by atoms with Crippen LogP contribution in [-0.4, -0.2) is 0 Å². The van der Waals surface area contributed by atoms with Gasteiger partial charge in [-0.15, -0.1) is 0 Å². The molecule has 2 nitrogen and oxygen atoms in total. The van der Waals surface area contributed by atoms with E-state index in [1.54, 1.807) is 30.3 Å². The first kappa shape index (κ1) is 19.2. The van der Waals surface area contributed by atoms with Crippen LogP contribution in [0.25, 0.3) is 11.6 Å². The second-order valence-electron chi connectivity index (χ2n) is 5.72. The lowest BCUT2D eigenvalue weighted by molar-refractivity contribution is 0.304. The summed E-state index contributed by atoms with van der Waals surface area (Å²) in [6.45, 7) is 0.339. The van der Waals surface area contributed by atoms with Crippen molar-refractivity contribution in [2.75, 3.05) is 0 Å². The van der Waals surface area contributed by atoms with Crippen LogP contribution >= 0.6 is 27.5 Å². The van der Waals surface area contributed by atoms with Crippen LogP contribution in [-0.2, 0) is 6.61 Å². The maximum atomic E-state index is 13.9. The van der Waals surface area contributed by atoms with Gasteiger partial charge in [-0.1, -0.05) is 54.1 Å². The molecule has 0 radical (unpaired) electrons. The second-order valence-corrected chi connectivity index (χ2v) is 6.98. The number of nitrogens with zero attached hydrogens (tertiary/aromatic N) is 1. The third-order valence-electron chi connectivity index (χ3n) is 3.89. The van der Waals surface area contributed by atoms with Gasteiger partial charge < -0.3 is 4.74 Å². The van der Waals surface area contributed by atoms with E-state index < -0.39 is 5.82 Å². The number of hydrogen-bond donors (Lipinski definition) is 0. The maximum Gasteiger partial charge on any atom is 0.134 e. The molecule has 0 spiro atoms. The molecule has 0 saturated heterocycles. The van der Waals surface area contributed by atoms with Crippen LogP contribution in [0, 0.1) is 17.1 Å². The van der Waals surface area contributed by atoms with E-state index in [2.05, 4.69) is 22.0 Å². The largest absolute Gasteiger partial charge is 0.488 e. The fraction of sp³-hybridized carbons (Fsp3) is 0.0455. The first-order valence-corrected chi connectivity index (χ1v) is 9.28. The Labute approximate surface area is 170 Å². The second kappa shape index (κ2) is 8.85. The number of rotatable bonds is 5. The van der Waals surface area contributed by atoms with Crippen LogP contribution in [0.4, 0.5) is 4.39 Å². The molecule has 3 rings (SSSR count). The molecule has 27 heavy (non-hydrogen) atoms. The van der Waals surface area contributed by atoms with Crippen LogP contribution in [0.15, 0.2) is 71.2 Å². The molecule has 0 fully saturated rings. The van der Waals surface area contributed by atoms with Gasteiger partial charge in [0, 0.05) is 16.1 Å². The van der Waals surface area contributed by atoms with Crippen molar-refractivity contribution in [3.63, 3.8) is 0 Å². The summed E-state index contributed by atoms with van der Waals surface area (Å²) in [6, 6.07) is 21.2. The van der Waals surface area contributed by atoms with Gasteiger partial charge in [0.25, 0.3) is 0 Å². The zero-order chi connectivity index (χ0) is 19.2. The zero-order valence-corrected chi connectivity index (χ0v) is 16.5. The number of ether oxygens (including phenoxy) is 1. The van der Waals surface area contributed by atoms with Crippen molar-refractivity contribution in [3.05, 3.63) is 98.7 Å². The SMILES string of the molecule is N#C/C(=C/c1ccc(OCc2ccccc2Cl)c(Br)c1)c1ccccc1F. The van der Waals surface area contributed by atoms with Crippen molar-refractivity contribution < 1.29 is 9.13 Å². The molecule has 0 aliphatic rings. The van der Waals surface area contributed by atoms with Crippen molar-refractivity contribution in [3.8, 4) is 11.8 Å². The molecule has 3 aromatic carbocycles. The Morgan fingerprint density at radius 1 is 1.11 bits per heavy atom. The van der Waals surface area contributed by atoms with E-state index in [0.29, 0.717) is 17.4 Å². The smallest absolute Gasteiger partial charge is 0.134 e. The Morgan fingerprint density at radius 2 is 1.85 bits per heavy atom. The average molecular weight is 443 g/mol. The number of allylic oxidation sites excluding steroid dienone is 1. The lowest BCUT2D eigenvalue weighted by Gasteiger charge is -2.10. The van der Waals surface area contributed by atoms with Crippen molar-refractivity contribution >= 4 is 39.2 Å². The number of benzene rings is 3. The molecule has 5 heteroatoms. The summed E-state index contributed by atoms with van der Waals surface area (Å²) in [5, 5.41) is 10.0. The zero-order valence-electron chi connectivity index (χ0n) is 14.1. The molecule has 0 heterocycles.